The molecule has 0 rings (SSSR count). The summed E-state index contributed by atoms with van der Waals surface area (Å²) in [5.41, 5.74) is 0. The zero-order valence-electron chi connectivity index (χ0n) is 22.4. The van der Waals surface area contributed by atoms with Crippen molar-refractivity contribution >= 4 is 6.21 Å². The van der Waals surface area contributed by atoms with Gasteiger partial charge < -0.3 is 10.6 Å². The van der Waals surface area contributed by atoms with Crippen molar-refractivity contribution in [3.05, 3.63) is 0 Å². The molecule has 0 aliphatic rings. The summed E-state index contributed by atoms with van der Waals surface area (Å²) in [5, 5.41) is 10.4. The van der Waals surface area contributed by atoms with Gasteiger partial charge >= 0.3 is 0 Å². The van der Waals surface area contributed by atoms with Crippen LogP contribution in [0, 0.1) is 17.8 Å². The smallest absolute Gasteiger partial charge is 0.206 e. The van der Waals surface area contributed by atoms with Crippen molar-refractivity contribution in [1.29, 1.82) is 0 Å². The second-order valence-electron chi connectivity index (χ2n) is 9.64. The fourth-order valence-corrected chi connectivity index (χ4v) is 5.10. The molecule has 0 bridgehead atoms. The number of hydrogen-bond acceptors (Lipinski definition) is 3. The Hall–Kier alpha value is -0.450. The molecule has 0 aromatic rings. The van der Waals surface area contributed by atoms with Gasteiger partial charge in [-0.15, -0.1) is 0 Å². The Labute approximate surface area is 196 Å². The standard InChI is InChI=1S/C27H59N4/c1-8-14-25(15-9-2)18-13-19-26(16-10-3)24(6)22-31(12-5)27(17-11-4)30-21-20-29-23-28-7/h12,24-30H,8-11,13-23H2,1-7H3/q+1. The molecule has 0 aromatic heterocycles. The molecular weight excluding hydrogens is 380 g/mol. The van der Waals surface area contributed by atoms with Crippen LogP contribution in [0.15, 0.2) is 0 Å². The quantitative estimate of drug-likeness (QED) is 0.0837. The normalized spacial score (nSPS) is 15.4. The molecule has 31 heavy (non-hydrogen) atoms. The first kappa shape index (κ1) is 30.6. The third kappa shape index (κ3) is 15.1. The van der Waals surface area contributed by atoms with Crippen LogP contribution in [-0.2, 0) is 0 Å². The Bertz CT molecular complexity index is 404. The largest absolute Gasteiger partial charge is 0.308 e. The SMILES string of the molecule is CC=[N+](CC(C)C(CCC)CCCC(CCC)CCC)C(CCC)NCCNCNC. The van der Waals surface area contributed by atoms with E-state index in [1.54, 1.807) is 0 Å². The van der Waals surface area contributed by atoms with E-state index >= 15 is 0 Å². The Balaban J connectivity index is 4.76. The first-order valence-electron chi connectivity index (χ1n) is 13.7. The van der Waals surface area contributed by atoms with Crippen LogP contribution in [0.3, 0.4) is 0 Å². The van der Waals surface area contributed by atoms with E-state index in [9.17, 15) is 0 Å². The van der Waals surface area contributed by atoms with E-state index in [0.717, 1.165) is 37.5 Å². The van der Waals surface area contributed by atoms with E-state index in [1.807, 2.05) is 7.05 Å². The summed E-state index contributed by atoms with van der Waals surface area (Å²) in [7, 11) is 1.98. The zero-order valence-corrected chi connectivity index (χ0v) is 22.4. The van der Waals surface area contributed by atoms with Crippen molar-refractivity contribution in [3.8, 4) is 0 Å². The summed E-state index contributed by atoms with van der Waals surface area (Å²) < 4.78 is 2.59. The summed E-state index contributed by atoms with van der Waals surface area (Å²) in [6, 6.07) is 0. The molecular formula is C27H59N4+. The van der Waals surface area contributed by atoms with E-state index in [-0.39, 0.29) is 0 Å². The van der Waals surface area contributed by atoms with Gasteiger partial charge in [-0.3, -0.25) is 5.32 Å². The molecule has 3 atom stereocenters. The minimum absolute atomic E-state index is 0.453. The number of nitrogens with one attached hydrogen (secondary N) is 3. The van der Waals surface area contributed by atoms with Gasteiger partial charge in [-0.25, -0.2) is 4.58 Å². The molecule has 0 spiro atoms. The average molecular weight is 440 g/mol. The zero-order chi connectivity index (χ0) is 23.3. The second-order valence-corrected chi connectivity index (χ2v) is 9.64. The van der Waals surface area contributed by atoms with Crippen LogP contribution in [0.1, 0.15) is 112 Å². The maximum absolute atomic E-state index is 3.80. The highest BCUT2D eigenvalue weighted by Crippen LogP contribution is 2.27. The van der Waals surface area contributed by atoms with E-state index < -0.39 is 0 Å². The lowest BCUT2D eigenvalue weighted by molar-refractivity contribution is -0.576. The number of nitrogens with zero attached hydrogens (tertiary/aromatic N) is 1. The molecule has 0 amide bonds. The molecule has 0 saturated heterocycles. The maximum Gasteiger partial charge on any atom is 0.206 e. The maximum atomic E-state index is 3.80. The van der Waals surface area contributed by atoms with Gasteiger partial charge in [0, 0.05) is 39.0 Å². The average Bonchev–Trinajstić information content (AvgIpc) is 2.76. The van der Waals surface area contributed by atoms with Crippen molar-refractivity contribution in [1.82, 2.24) is 16.0 Å². The highest BCUT2D eigenvalue weighted by atomic mass is 15.2. The van der Waals surface area contributed by atoms with Gasteiger partial charge in [0.2, 0.25) is 6.17 Å². The molecule has 186 valence electrons. The van der Waals surface area contributed by atoms with Crippen LogP contribution in [0.5, 0.6) is 0 Å². The Kier molecular flexibility index (Phi) is 21.1. The molecule has 0 fully saturated rings. The lowest BCUT2D eigenvalue weighted by atomic mass is 9.83. The Morgan fingerprint density at radius 2 is 1.45 bits per heavy atom. The van der Waals surface area contributed by atoms with Gasteiger partial charge in [0.05, 0.1) is 0 Å². The van der Waals surface area contributed by atoms with Crippen LogP contribution in [-0.4, -0.2) is 50.3 Å². The fourth-order valence-electron chi connectivity index (χ4n) is 5.10. The van der Waals surface area contributed by atoms with E-state index in [2.05, 4.69) is 68.3 Å². The van der Waals surface area contributed by atoms with Crippen LogP contribution in [0.4, 0.5) is 0 Å². The van der Waals surface area contributed by atoms with Crippen LogP contribution >= 0.6 is 0 Å². The summed E-state index contributed by atoms with van der Waals surface area (Å²) in [4.78, 5) is 0. The number of hydrogen-bond donors (Lipinski definition) is 3. The lowest BCUT2D eigenvalue weighted by Crippen LogP contribution is -2.45. The van der Waals surface area contributed by atoms with Crippen molar-refractivity contribution in [2.24, 2.45) is 17.8 Å². The molecule has 3 N–H and O–H groups in total. The van der Waals surface area contributed by atoms with Crippen molar-refractivity contribution in [3.63, 3.8) is 0 Å². The molecule has 4 nitrogen and oxygen atoms in total. The molecule has 4 heteroatoms. The minimum atomic E-state index is 0.453. The van der Waals surface area contributed by atoms with Crippen LogP contribution in [0.2, 0.25) is 0 Å². The summed E-state index contributed by atoms with van der Waals surface area (Å²) in [6.07, 6.45) is 17.7. The summed E-state index contributed by atoms with van der Waals surface area (Å²) in [5.74, 6) is 2.56. The molecule has 0 aromatic carbocycles. The van der Waals surface area contributed by atoms with E-state index in [0.29, 0.717) is 6.17 Å². The van der Waals surface area contributed by atoms with Crippen molar-refractivity contribution in [2.75, 3.05) is 33.4 Å². The summed E-state index contributed by atoms with van der Waals surface area (Å²) in [6.45, 7) is 18.1. The van der Waals surface area contributed by atoms with Gasteiger partial charge in [0.1, 0.15) is 12.8 Å². The minimum Gasteiger partial charge on any atom is -0.308 e. The molecule has 0 aliphatic carbocycles. The van der Waals surface area contributed by atoms with Gasteiger partial charge in [0.25, 0.3) is 0 Å². The highest BCUT2D eigenvalue weighted by Gasteiger charge is 2.25. The van der Waals surface area contributed by atoms with Crippen molar-refractivity contribution < 1.29 is 4.58 Å². The van der Waals surface area contributed by atoms with Gasteiger partial charge in [0.15, 0.2) is 0 Å². The first-order chi connectivity index (χ1) is 15.1. The second kappa shape index (κ2) is 21.4. The number of rotatable bonds is 22. The van der Waals surface area contributed by atoms with Crippen molar-refractivity contribution in [2.45, 2.75) is 118 Å². The third-order valence-electron chi connectivity index (χ3n) is 6.82. The van der Waals surface area contributed by atoms with Gasteiger partial charge in [-0.2, -0.15) is 0 Å². The van der Waals surface area contributed by atoms with E-state index in [4.69, 9.17) is 0 Å². The predicted octanol–water partition coefficient (Wildman–Crippen LogP) is 6.01. The van der Waals surface area contributed by atoms with Gasteiger partial charge in [-0.1, -0.05) is 86.0 Å². The van der Waals surface area contributed by atoms with Gasteiger partial charge in [-0.05, 0) is 31.7 Å². The molecule has 0 heterocycles. The van der Waals surface area contributed by atoms with Crippen LogP contribution < -0.4 is 16.0 Å². The first-order valence-corrected chi connectivity index (χ1v) is 13.7. The topological polar surface area (TPSA) is 39.1 Å². The lowest BCUT2D eigenvalue weighted by Gasteiger charge is -2.26. The predicted molar refractivity (Wildman–Crippen MR) is 140 cm³/mol. The van der Waals surface area contributed by atoms with Crippen LogP contribution in [0.25, 0.3) is 0 Å². The summed E-state index contributed by atoms with van der Waals surface area (Å²) >= 11 is 0. The molecule has 0 saturated carbocycles. The highest BCUT2D eigenvalue weighted by molar-refractivity contribution is 5.46. The molecule has 3 unspecified atom stereocenters. The monoisotopic (exact) mass is 439 g/mol. The Morgan fingerprint density at radius 1 is 0.806 bits per heavy atom. The molecule has 0 radical (unpaired) electrons. The molecule has 0 aliphatic heterocycles. The fraction of sp³-hybridized carbons (Fsp3) is 0.963. The van der Waals surface area contributed by atoms with E-state index in [1.165, 1.54) is 77.2 Å². The third-order valence-corrected chi connectivity index (χ3v) is 6.82. The Morgan fingerprint density at radius 3 is 2.00 bits per heavy atom.